The third kappa shape index (κ3) is 2.46. The Morgan fingerprint density at radius 2 is 1.76 bits per heavy atom. The lowest BCUT2D eigenvalue weighted by molar-refractivity contribution is -0.130. The topological polar surface area (TPSA) is 70.8 Å². The Labute approximate surface area is 122 Å². The number of hydrogen-bond donors (Lipinski definition) is 0. The van der Waals surface area contributed by atoms with Crippen LogP contribution in [0.25, 0.3) is 5.65 Å². The van der Waals surface area contributed by atoms with Crippen LogP contribution in [0.1, 0.15) is 23.1 Å². The number of rotatable bonds is 1. The molecule has 1 fully saturated rings. The molecule has 7 heteroatoms. The van der Waals surface area contributed by atoms with E-state index in [0.717, 1.165) is 5.82 Å². The summed E-state index contributed by atoms with van der Waals surface area (Å²) in [7, 11) is 0. The molecule has 0 unspecified atom stereocenters. The standard InChI is InChI=1S/C14H17N5O2/c1-10-15-16-13-9-12(3-4-19(10)13)14(21)18-7-5-17(6-8-18)11(2)20/h3-4,9H,5-8H2,1-2H3. The van der Waals surface area contributed by atoms with Gasteiger partial charge in [0.25, 0.3) is 5.91 Å². The summed E-state index contributed by atoms with van der Waals surface area (Å²) in [5.41, 5.74) is 1.27. The van der Waals surface area contributed by atoms with Gasteiger partial charge in [0, 0.05) is 44.9 Å². The first-order valence-corrected chi connectivity index (χ1v) is 6.92. The summed E-state index contributed by atoms with van der Waals surface area (Å²) in [6.45, 7) is 5.73. The summed E-state index contributed by atoms with van der Waals surface area (Å²) in [5.74, 6) is 0.822. The Bertz CT molecular complexity index is 700. The van der Waals surface area contributed by atoms with Crippen molar-refractivity contribution >= 4 is 17.5 Å². The van der Waals surface area contributed by atoms with Crippen molar-refractivity contribution in [2.75, 3.05) is 26.2 Å². The Hall–Kier alpha value is -2.44. The maximum absolute atomic E-state index is 12.5. The van der Waals surface area contributed by atoms with Gasteiger partial charge in [0.15, 0.2) is 5.65 Å². The van der Waals surface area contributed by atoms with Crippen LogP contribution in [0, 0.1) is 6.92 Å². The van der Waals surface area contributed by atoms with Crippen LogP contribution in [0.4, 0.5) is 0 Å². The summed E-state index contributed by atoms with van der Waals surface area (Å²) < 4.78 is 1.84. The molecule has 0 aromatic carbocycles. The van der Waals surface area contributed by atoms with Crippen molar-refractivity contribution in [3.05, 3.63) is 29.7 Å². The first-order chi connectivity index (χ1) is 10.1. The van der Waals surface area contributed by atoms with Crippen molar-refractivity contribution in [3.63, 3.8) is 0 Å². The largest absolute Gasteiger partial charge is 0.339 e. The summed E-state index contributed by atoms with van der Waals surface area (Å²) in [6.07, 6.45) is 1.81. The molecule has 1 aliphatic heterocycles. The second-order valence-electron chi connectivity index (χ2n) is 5.19. The highest BCUT2D eigenvalue weighted by atomic mass is 16.2. The van der Waals surface area contributed by atoms with E-state index in [1.807, 2.05) is 17.5 Å². The van der Waals surface area contributed by atoms with Gasteiger partial charge in [0.1, 0.15) is 5.82 Å². The van der Waals surface area contributed by atoms with E-state index >= 15 is 0 Å². The molecule has 0 radical (unpaired) electrons. The van der Waals surface area contributed by atoms with Crippen molar-refractivity contribution in [2.45, 2.75) is 13.8 Å². The van der Waals surface area contributed by atoms with E-state index in [1.54, 1.807) is 28.9 Å². The zero-order valence-corrected chi connectivity index (χ0v) is 12.1. The zero-order chi connectivity index (χ0) is 15.0. The lowest BCUT2D eigenvalue weighted by Gasteiger charge is -2.34. The van der Waals surface area contributed by atoms with E-state index in [9.17, 15) is 9.59 Å². The third-order valence-electron chi connectivity index (χ3n) is 3.84. The smallest absolute Gasteiger partial charge is 0.254 e. The first kappa shape index (κ1) is 13.5. The van der Waals surface area contributed by atoms with Crippen LogP contribution in [-0.4, -0.2) is 62.4 Å². The quantitative estimate of drug-likeness (QED) is 0.758. The minimum Gasteiger partial charge on any atom is -0.339 e. The summed E-state index contributed by atoms with van der Waals surface area (Å²) in [5, 5.41) is 8.01. The first-order valence-electron chi connectivity index (χ1n) is 6.92. The number of carbonyl (C=O) groups is 2. The van der Waals surface area contributed by atoms with Gasteiger partial charge in [-0.3, -0.25) is 14.0 Å². The molecule has 21 heavy (non-hydrogen) atoms. The lowest BCUT2D eigenvalue weighted by Crippen LogP contribution is -2.50. The number of pyridine rings is 1. The van der Waals surface area contributed by atoms with Crippen LogP contribution in [0.3, 0.4) is 0 Å². The van der Waals surface area contributed by atoms with Gasteiger partial charge in [-0.05, 0) is 19.1 Å². The monoisotopic (exact) mass is 287 g/mol. The van der Waals surface area contributed by atoms with E-state index < -0.39 is 0 Å². The van der Waals surface area contributed by atoms with Crippen LogP contribution in [0.5, 0.6) is 0 Å². The molecule has 7 nitrogen and oxygen atoms in total. The highest BCUT2D eigenvalue weighted by Gasteiger charge is 2.23. The van der Waals surface area contributed by atoms with Crippen LogP contribution in [0.15, 0.2) is 18.3 Å². The van der Waals surface area contributed by atoms with Crippen molar-refractivity contribution in [1.29, 1.82) is 0 Å². The number of aryl methyl sites for hydroxylation is 1. The fourth-order valence-corrected chi connectivity index (χ4v) is 2.55. The maximum atomic E-state index is 12.5. The normalized spacial score (nSPS) is 15.5. The Kier molecular flexibility index (Phi) is 3.32. The number of fused-ring (bicyclic) bond motifs is 1. The highest BCUT2D eigenvalue weighted by molar-refractivity contribution is 5.95. The predicted octanol–water partition coefficient (Wildman–Crippen LogP) is 0.342. The van der Waals surface area contributed by atoms with E-state index in [2.05, 4.69) is 10.2 Å². The Morgan fingerprint density at radius 3 is 2.43 bits per heavy atom. The molecule has 0 atom stereocenters. The molecule has 2 aromatic rings. The molecule has 0 aliphatic carbocycles. The van der Waals surface area contributed by atoms with Crippen LogP contribution in [0.2, 0.25) is 0 Å². The Balaban J connectivity index is 1.76. The molecule has 0 spiro atoms. The fourth-order valence-electron chi connectivity index (χ4n) is 2.55. The van der Waals surface area contributed by atoms with Crippen molar-refractivity contribution < 1.29 is 9.59 Å². The van der Waals surface area contributed by atoms with E-state index in [0.29, 0.717) is 37.4 Å². The molecule has 1 saturated heterocycles. The van der Waals surface area contributed by atoms with Crippen LogP contribution < -0.4 is 0 Å². The minimum absolute atomic E-state index is 0.0265. The third-order valence-corrected chi connectivity index (χ3v) is 3.84. The second-order valence-corrected chi connectivity index (χ2v) is 5.19. The molecule has 1 aliphatic rings. The average Bonchev–Trinajstić information content (AvgIpc) is 2.87. The number of piperazine rings is 1. The molecule has 0 saturated carbocycles. The van der Waals surface area contributed by atoms with Gasteiger partial charge >= 0.3 is 0 Å². The number of amides is 2. The molecule has 0 bridgehead atoms. The van der Waals surface area contributed by atoms with Gasteiger partial charge in [-0.25, -0.2) is 0 Å². The molecule has 2 aromatic heterocycles. The lowest BCUT2D eigenvalue weighted by atomic mass is 10.2. The number of aromatic nitrogens is 3. The molecule has 2 amide bonds. The number of carbonyl (C=O) groups excluding carboxylic acids is 2. The SMILES string of the molecule is CC(=O)N1CCN(C(=O)c2ccn3c(C)nnc3c2)CC1. The van der Waals surface area contributed by atoms with Gasteiger partial charge in [0.2, 0.25) is 5.91 Å². The van der Waals surface area contributed by atoms with Gasteiger partial charge in [-0.2, -0.15) is 0 Å². The fraction of sp³-hybridized carbons (Fsp3) is 0.429. The van der Waals surface area contributed by atoms with Crippen LogP contribution >= 0.6 is 0 Å². The summed E-state index contributed by atoms with van der Waals surface area (Å²) >= 11 is 0. The second kappa shape index (κ2) is 5.16. The predicted molar refractivity (Wildman–Crippen MR) is 75.9 cm³/mol. The number of nitrogens with zero attached hydrogens (tertiary/aromatic N) is 5. The molecule has 3 heterocycles. The van der Waals surface area contributed by atoms with E-state index in [4.69, 9.17) is 0 Å². The molecular formula is C14H17N5O2. The van der Waals surface area contributed by atoms with E-state index in [-0.39, 0.29) is 11.8 Å². The maximum Gasteiger partial charge on any atom is 0.254 e. The molecule has 3 rings (SSSR count). The van der Waals surface area contributed by atoms with Gasteiger partial charge < -0.3 is 9.80 Å². The molecular weight excluding hydrogens is 270 g/mol. The van der Waals surface area contributed by atoms with Crippen molar-refractivity contribution in [1.82, 2.24) is 24.4 Å². The van der Waals surface area contributed by atoms with Gasteiger partial charge in [0.05, 0.1) is 0 Å². The van der Waals surface area contributed by atoms with Crippen molar-refractivity contribution in [2.24, 2.45) is 0 Å². The average molecular weight is 287 g/mol. The van der Waals surface area contributed by atoms with Crippen molar-refractivity contribution in [3.8, 4) is 0 Å². The zero-order valence-electron chi connectivity index (χ0n) is 12.1. The molecule has 110 valence electrons. The number of hydrogen-bond acceptors (Lipinski definition) is 4. The summed E-state index contributed by atoms with van der Waals surface area (Å²) in [4.78, 5) is 27.3. The van der Waals surface area contributed by atoms with Gasteiger partial charge in [-0.1, -0.05) is 0 Å². The van der Waals surface area contributed by atoms with E-state index in [1.165, 1.54) is 0 Å². The summed E-state index contributed by atoms with van der Waals surface area (Å²) in [6, 6.07) is 3.53. The highest BCUT2D eigenvalue weighted by Crippen LogP contribution is 2.12. The molecule has 0 N–H and O–H groups in total. The Morgan fingerprint density at radius 1 is 1.10 bits per heavy atom. The van der Waals surface area contributed by atoms with Gasteiger partial charge in [-0.15, -0.1) is 10.2 Å². The minimum atomic E-state index is -0.0265. The van der Waals surface area contributed by atoms with Crippen LogP contribution in [-0.2, 0) is 4.79 Å².